The molecule has 0 heterocycles. The highest BCUT2D eigenvalue weighted by atomic mass is 35.5. The number of anilines is 1. The van der Waals surface area contributed by atoms with Crippen molar-refractivity contribution >= 4 is 23.2 Å². The summed E-state index contributed by atoms with van der Waals surface area (Å²) >= 11 is 5.94. The molecule has 5 nitrogen and oxygen atoms in total. The normalized spacial score (nSPS) is 11.7. The van der Waals surface area contributed by atoms with Crippen molar-refractivity contribution in [1.82, 2.24) is 0 Å². The largest absolute Gasteiger partial charge is 0.495 e. The molecule has 1 atom stereocenters. The van der Waals surface area contributed by atoms with E-state index in [9.17, 15) is 9.18 Å². The van der Waals surface area contributed by atoms with Crippen molar-refractivity contribution in [2.75, 3.05) is 39.2 Å². The SMILES string of the molecule is COc1ccc(Cl)cc1NC(=O)C[NH+](C)CCOc1ccccc1F. The summed E-state index contributed by atoms with van der Waals surface area (Å²) in [7, 11) is 3.38. The first-order valence-corrected chi connectivity index (χ1v) is 8.19. The molecule has 0 aromatic heterocycles. The average molecular weight is 368 g/mol. The van der Waals surface area contributed by atoms with Crippen molar-refractivity contribution in [3.05, 3.63) is 53.3 Å². The van der Waals surface area contributed by atoms with Crippen molar-refractivity contribution < 1.29 is 23.6 Å². The van der Waals surface area contributed by atoms with Gasteiger partial charge in [0.05, 0.1) is 19.8 Å². The third-order valence-electron chi connectivity index (χ3n) is 3.52. The van der Waals surface area contributed by atoms with Gasteiger partial charge in [0.2, 0.25) is 0 Å². The summed E-state index contributed by atoms with van der Waals surface area (Å²) in [6.45, 7) is 1.09. The van der Waals surface area contributed by atoms with E-state index >= 15 is 0 Å². The van der Waals surface area contributed by atoms with Gasteiger partial charge in [-0.05, 0) is 30.3 Å². The van der Waals surface area contributed by atoms with Gasteiger partial charge in [-0.15, -0.1) is 0 Å². The topological polar surface area (TPSA) is 52.0 Å². The summed E-state index contributed by atoms with van der Waals surface area (Å²) in [6.07, 6.45) is 0. The summed E-state index contributed by atoms with van der Waals surface area (Å²) < 4.78 is 24.0. The Morgan fingerprint density at radius 1 is 1.24 bits per heavy atom. The van der Waals surface area contributed by atoms with Crippen molar-refractivity contribution in [1.29, 1.82) is 0 Å². The van der Waals surface area contributed by atoms with E-state index in [1.54, 1.807) is 36.4 Å². The minimum absolute atomic E-state index is 0.177. The lowest BCUT2D eigenvalue weighted by Gasteiger charge is -2.15. The Kier molecular flexibility index (Phi) is 7.03. The number of rotatable bonds is 8. The van der Waals surface area contributed by atoms with E-state index in [-0.39, 0.29) is 18.2 Å². The highest BCUT2D eigenvalue weighted by Crippen LogP contribution is 2.27. The van der Waals surface area contributed by atoms with E-state index < -0.39 is 5.82 Å². The maximum atomic E-state index is 13.5. The van der Waals surface area contributed by atoms with Crippen molar-refractivity contribution in [3.63, 3.8) is 0 Å². The highest BCUT2D eigenvalue weighted by Gasteiger charge is 2.13. The van der Waals surface area contributed by atoms with Crippen LogP contribution in [0.5, 0.6) is 11.5 Å². The fraction of sp³-hybridized carbons (Fsp3) is 0.278. The minimum atomic E-state index is -0.397. The molecule has 0 aliphatic carbocycles. The Balaban J connectivity index is 1.80. The number of quaternary nitrogens is 1. The number of carbonyl (C=O) groups is 1. The van der Waals surface area contributed by atoms with E-state index in [1.165, 1.54) is 13.2 Å². The summed E-state index contributed by atoms with van der Waals surface area (Å²) in [4.78, 5) is 13.1. The van der Waals surface area contributed by atoms with Crippen LogP contribution in [0.15, 0.2) is 42.5 Å². The molecule has 25 heavy (non-hydrogen) atoms. The number of likely N-dealkylation sites (N-methyl/N-ethyl adjacent to an activating group) is 1. The van der Waals surface area contributed by atoms with Crippen LogP contribution >= 0.6 is 11.6 Å². The molecule has 0 saturated heterocycles. The van der Waals surface area contributed by atoms with Gasteiger partial charge in [-0.1, -0.05) is 23.7 Å². The lowest BCUT2D eigenvalue weighted by Crippen LogP contribution is -3.10. The molecular formula is C18H21ClFN2O3+. The summed E-state index contributed by atoms with van der Waals surface area (Å²) in [5.74, 6) is 0.177. The minimum Gasteiger partial charge on any atom is -0.495 e. The van der Waals surface area contributed by atoms with Crippen LogP contribution in [-0.4, -0.2) is 39.8 Å². The van der Waals surface area contributed by atoms with Crippen LogP contribution < -0.4 is 19.7 Å². The van der Waals surface area contributed by atoms with Crippen LogP contribution in [0, 0.1) is 5.82 Å². The predicted octanol–water partition coefficient (Wildman–Crippen LogP) is 2.02. The number of hydrogen-bond acceptors (Lipinski definition) is 3. The van der Waals surface area contributed by atoms with Crippen LogP contribution in [-0.2, 0) is 4.79 Å². The number of para-hydroxylation sites is 1. The van der Waals surface area contributed by atoms with Crippen LogP contribution in [0.3, 0.4) is 0 Å². The molecular weight excluding hydrogens is 347 g/mol. The molecule has 134 valence electrons. The third-order valence-corrected chi connectivity index (χ3v) is 3.76. The van der Waals surface area contributed by atoms with Crippen molar-refractivity contribution in [2.24, 2.45) is 0 Å². The fourth-order valence-corrected chi connectivity index (χ4v) is 2.40. The molecule has 0 radical (unpaired) electrons. The number of amides is 1. The van der Waals surface area contributed by atoms with E-state index in [0.29, 0.717) is 29.6 Å². The van der Waals surface area contributed by atoms with Crippen LogP contribution in [0.1, 0.15) is 0 Å². The van der Waals surface area contributed by atoms with Gasteiger partial charge in [0.1, 0.15) is 18.9 Å². The van der Waals surface area contributed by atoms with E-state index in [0.717, 1.165) is 4.90 Å². The first-order valence-electron chi connectivity index (χ1n) is 7.81. The molecule has 2 aromatic carbocycles. The second-order valence-corrected chi connectivity index (χ2v) is 5.99. The number of hydrogen-bond donors (Lipinski definition) is 2. The first-order chi connectivity index (χ1) is 12.0. The molecule has 2 N–H and O–H groups in total. The Morgan fingerprint density at radius 3 is 2.72 bits per heavy atom. The fourth-order valence-electron chi connectivity index (χ4n) is 2.23. The van der Waals surface area contributed by atoms with Gasteiger partial charge in [0.25, 0.3) is 5.91 Å². The van der Waals surface area contributed by atoms with Crippen molar-refractivity contribution in [3.8, 4) is 11.5 Å². The molecule has 0 fully saturated rings. The summed E-state index contributed by atoms with van der Waals surface area (Å²) in [5.41, 5.74) is 0.524. The molecule has 1 amide bonds. The predicted molar refractivity (Wildman–Crippen MR) is 95.1 cm³/mol. The Bertz CT molecular complexity index is 727. The molecule has 1 unspecified atom stereocenters. The Morgan fingerprint density at radius 2 is 2.00 bits per heavy atom. The van der Waals surface area contributed by atoms with Gasteiger partial charge >= 0.3 is 0 Å². The van der Waals surface area contributed by atoms with Gasteiger partial charge in [-0.3, -0.25) is 4.79 Å². The smallest absolute Gasteiger partial charge is 0.279 e. The quantitative estimate of drug-likeness (QED) is 0.750. The number of carbonyl (C=O) groups excluding carboxylic acids is 1. The standard InChI is InChI=1S/C18H20ClFN2O3/c1-22(9-10-25-16-6-4-3-5-14(16)20)12-18(23)21-15-11-13(19)7-8-17(15)24-2/h3-8,11H,9-10,12H2,1-2H3,(H,21,23)/p+1. The zero-order valence-electron chi connectivity index (χ0n) is 14.1. The number of nitrogens with one attached hydrogen (secondary N) is 2. The van der Waals surface area contributed by atoms with Gasteiger partial charge in [-0.2, -0.15) is 0 Å². The van der Waals surface area contributed by atoms with Crippen LogP contribution in [0.2, 0.25) is 5.02 Å². The van der Waals surface area contributed by atoms with Gasteiger partial charge in [-0.25, -0.2) is 4.39 Å². The molecule has 0 bridgehead atoms. The zero-order chi connectivity index (χ0) is 18.2. The monoisotopic (exact) mass is 367 g/mol. The maximum Gasteiger partial charge on any atom is 0.279 e. The molecule has 2 rings (SSSR count). The van der Waals surface area contributed by atoms with Gasteiger partial charge in [0, 0.05) is 5.02 Å². The first kappa shape index (κ1) is 19.0. The number of methoxy groups -OCH3 is 1. The summed E-state index contributed by atoms with van der Waals surface area (Å²) in [5, 5.41) is 3.29. The zero-order valence-corrected chi connectivity index (χ0v) is 14.9. The van der Waals surface area contributed by atoms with Crippen molar-refractivity contribution in [2.45, 2.75) is 0 Å². The van der Waals surface area contributed by atoms with Crippen LogP contribution in [0.4, 0.5) is 10.1 Å². The van der Waals surface area contributed by atoms with Crippen LogP contribution in [0.25, 0.3) is 0 Å². The van der Waals surface area contributed by atoms with Gasteiger partial charge in [0.15, 0.2) is 18.1 Å². The van der Waals surface area contributed by atoms with E-state index in [1.807, 2.05) is 7.05 Å². The van der Waals surface area contributed by atoms with E-state index in [2.05, 4.69) is 5.32 Å². The third kappa shape index (κ3) is 5.92. The second kappa shape index (κ2) is 9.25. The molecule has 0 aliphatic rings. The lowest BCUT2D eigenvalue weighted by atomic mass is 10.3. The molecule has 2 aromatic rings. The number of halogens is 2. The average Bonchev–Trinajstić information content (AvgIpc) is 2.56. The number of ether oxygens (including phenoxy) is 2. The highest BCUT2D eigenvalue weighted by molar-refractivity contribution is 6.31. The van der Waals surface area contributed by atoms with E-state index in [4.69, 9.17) is 21.1 Å². The lowest BCUT2D eigenvalue weighted by molar-refractivity contribution is -0.871. The summed E-state index contributed by atoms with van der Waals surface area (Å²) in [6, 6.07) is 11.2. The maximum absolute atomic E-state index is 13.5. The Labute approximate surface area is 151 Å². The Hall–Kier alpha value is -2.31. The number of benzene rings is 2. The molecule has 0 saturated carbocycles. The molecule has 0 spiro atoms. The second-order valence-electron chi connectivity index (χ2n) is 5.56. The van der Waals surface area contributed by atoms with Gasteiger partial charge < -0.3 is 19.7 Å². The molecule has 0 aliphatic heterocycles. The molecule has 7 heteroatoms.